The van der Waals surface area contributed by atoms with Crippen LogP contribution in [0.15, 0.2) is 12.4 Å². The molecular formula is C15H24Cl2N6O. The topological polar surface area (TPSA) is 87.6 Å². The van der Waals surface area contributed by atoms with Crippen molar-refractivity contribution in [3.05, 3.63) is 35.2 Å². The number of imidazole rings is 1. The van der Waals surface area contributed by atoms with Gasteiger partial charge in [-0.2, -0.15) is 5.10 Å². The highest BCUT2D eigenvalue weighted by Crippen LogP contribution is 2.15. The number of hydrogen-bond donors (Lipinski definition) is 3. The van der Waals surface area contributed by atoms with Crippen LogP contribution in [0, 0.1) is 12.8 Å². The standard InChI is InChI=1S/C15H22N6O.2ClH/c1-10(9-21-6-5-17-11(21)2)7-18-15(22)14-12-8-16-4-3-13(12)19-20-14;;/h5-6,10,16H,3-4,7-9H2,1-2H3,(H,18,22)(H,19,20);2*1H. The smallest absolute Gasteiger partial charge is 0.272 e. The van der Waals surface area contributed by atoms with Gasteiger partial charge in [0.15, 0.2) is 5.69 Å². The molecule has 1 aliphatic rings. The van der Waals surface area contributed by atoms with Crippen LogP contribution in [-0.4, -0.2) is 38.7 Å². The number of amides is 1. The fourth-order valence-electron chi connectivity index (χ4n) is 2.76. The molecule has 0 saturated heterocycles. The summed E-state index contributed by atoms with van der Waals surface area (Å²) in [6.45, 7) is 7.18. The van der Waals surface area contributed by atoms with Crippen molar-refractivity contribution in [1.29, 1.82) is 0 Å². The fraction of sp³-hybridized carbons (Fsp3) is 0.533. The Hall–Kier alpha value is -1.57. The molecule has 3 rings (SSSR count). The minimum absolute atomic E-state index is 0. The summed E-state index contributed by atoms with van der Waals surface area (Å²) < 4.78 is 2.09. The number of H-pyrrole nitrogens is 1. The molecular weight excluding hydrogens is 351 g/mol. The minimum atomic E-state index is -0.101. The number of aromatic amines is 1. The summed E-state index contributed by atoms with van der Waals surface area (Å²) in [6, 6.07) is 0. The van der Waals surface area contributed by atoms with E-state index in [0.29, 0.717) is 24.7 Å². The van der Waals surface area contributed by atoms with Crippen molar-refractivity contribution in [2.75, 3.05) is 13.1 Å². The average Bonchev–Trinajstić information content (AvgIpc) is 3.12. The lowest BCUT2D eigenvalue weighted by Crippen LogP contribution is -2.32. The number of carbonyl (C=O) groups is 1. The molecule has 0 spiro atoms. The van der Waals surface area contributed by atoms with E-state index in [4.69, 9.17) is 0 Å². The lowest BCUT2D eigenvalue weighted by molar-refractivity contribution is 0.0940. The Morgan fingerprint density at radius 3 is 2.96 bits per heavy atom. The fourth-order valence-corrected chi connectivity index (χ4v) is 2.76. The maximum atomic E-state index is 12.3. The van der Waals surface area contributed by atoms with Crippen LogP contribution in [0.4, 0.5) is 0 Å². The number of nitrogens with zero attached hydrogens (tertiary/aromatic N) is 3. The number of carbonyl (C=O) groups excluding carboxylic acids is 1. The molecule has 3 N–H and O–H groups in total. The highest BCUT2D eigenvalue weighted by atomic mass is 35.5. The van der Waals surface area contributed by atoms with E-state index in [9.17, 15) is 4.79 Å². The molecule has 0 fully saturated rings. The quantitative estimate of drug-likeness (QED) is 0.739. The van der Waals surface area contributed by atoms with Gasteiger partial charge in [0, 0.05) is 56.3 Å². The first-order valence-corrected chi connectivity index (χ1v) is 7.68. The zero-order valence-electron chi connectivity index (χ0n) is 13.8. The lowest BCUT2D eigenvalue weighted by atomic mass is 10.1. The SMILES string of the molecule is Cc1nccn1CC(C)CNC(=O)c1n[nH]c2c1CNCC2.Cl.Cl. The van der Waals surface area contributed by atoms with E-state index >= 15 is 0 Å². The molecule has 9 heteroatoms. The molecule has 1 amide bonds. The van der Waals surface area contributed by atoms with E-state index in [2.05, 4.69) is 37.3 Å². The van der Waals surface area contributed by atoms with Gasteiger partial charge >= 0.3 is 0 Å². The summed E-state index contributed by atoms with van der Waals surface area (Å²) >= 11 is 0. The van der Waals surface area contributed by atoms with E-state index in [1.54, 1.807) is 6.20 Å². The van der Waals surface area contributed by atoms with Crippen LogP contribution in [0.1, 0.15) is 34.5 Å². The van der Waals surface area contributed by atoms with E-state index in [-0.39, 0.29) is 30.7 Å². The van der Waals surface area contributed by atoms with Crippen LogP contribution < -0.4 is 10.6 Å². The maximum Gasteiger partial charge on any atom is 0.272 e. The van der Waals surface area contributed by atoms with Gasteiger partial charge in [0.05, 0.1) is 0 Å². The van der Waals surface area contributed by atoms with Crippen molar-refractivity contribution in [2.24, 2.45) is 5.92 Å². The second-order valence-electron chi connectivity index (χ2n) is 5.90. The Bertz CT molecular complexity index is 669. The zero-order valence-corrected chi connectivity index (χ0v) is 15.5. The summed E-state index contributed by atoms with van der Waals surface area (Å²) in [5.41, 5.74) is 2.60. The third-order valence-electron chi connectivity index (χ3n) is 4.06. The largest absolute Gasteiger partial charge is 0.350 e. The molecule has 2 aromatic heterocycles. The van der Waals surface area contributed by atoms with Crippen LogP contribution in [0.5, 0.6) is 0 Å². The molecule has 1 unspecified atom stereocenters. The van der Waals surface area contributed by atoms with Crippen molar-refractivity contribution in [2.45, 2.75) is 33.4 Å². The number of rotatable bonds is 5. The number of halogens is 2. The monoisotopic (exact) mass is 374 g/mol. The molecule has 0 aliphatic carbocycles. The van der Waals surface area contributed by atoms with Gasteiger partial charge in [0.1, 0.15) is 5.82 Å². The number of aromatic nitrogens is 4. The van der Waals surface area contributed by atoms with Crippen LogP contribution in [0.3, 0.4) is 0 Å². The molecule has 1 aliphatic heterocycles. The Balaban J connectivity index is 0.00000144. The van der Waals surface area contributed by atoms with Gasteiger partial charge in [-0.25, -0.2) is 4.98 Å². The summed E-state index contributed by atoms with van der Waals surface area (Å²) in [4.78, 5) is 16.5. The average molecular weight is 375 g/mol. The normalized spacial score (nSPS) is 14.1. The molecule has 0 saturated carbocycles. The Labute approximate surface area is 153 Å². The van der Waals surface area contributed by atoms with Crippen molar-refractivity contribution in [3.8, 4) is 0 Å². The second-order valence-corrected chi connectivity index (χ2v) is 5.90. The van der Waals surface area contributed by atoms with Gasteiger partial charge < -0.3 is 15.2 Å². The van der Waals surface area contributed by atoms with Crippen LogP contribution in [0.2, 0.25) is 0 Å². The Morgan fingerprint density at radius 2 is 2.25 bits per heavy atom. The van der Waals surface area contributed by atoms with Gasteiger partial charge in [-0.15, -0.1) is 24.8 Å². The first-order valence-electron chi connectivity index (χ1n) is 7.68. The lowest BCUT2D eigenvalue weighted by Gasteiger charge is -2.15. The molecule has 2 aromatic rings. The predicted molar refractivity (Wildman–Crippen MR) is 97.0 cm³/mol. The molecule has 134 valence electrons. The van der Waals surface area contributed by atoms with Crippen molar-refractivity contribution >= 4 is 30.7 Å². The van der Waals surface area contributed by atoms with Crippen LogP contribution in [-0.2, 0) is 19.5 Å². The van der Waals surface area contributed by atoms with Gasteiger partial charge in [0.2, 0.25) is 0 Å². The number of nitrogens with one attached hydrogen (secondary N) is 3. The van der Waals surface area contributed by atoms with Gasteiger partial charge in [0.25, 0.3) is 5.91 Å². The van der Waals surface area contributed by atoms with Gasteiger partial charge in [-0.1, -0.05) is 6.92 Å². The number of aryl methyl sites for hydroxylation is 1. The van der Waals surface area contributed by atoms with Crippen molar-refractivity contribution in [1.82, 2.24) is 30.4 Å². The van der Waals surface area contributed by atoms with Gasteiger partial charge in [-0.05, 0) is 12.8 Å². The molecule has 1 atom stereocenters. The summed E-state index contributed by atoms with van der Waals surface area (Å²) in [5.74, 6) is 1.21. The van der Waals surface area contributed by atoms with E-state index < -0.39 is 0 Å². The molecule has 0 bridgehead atoms. The summed E-state index contributed by atoms with van der Waals surface area (Å²) in [7, 11) is 0. The second kappa shape index (κ2) is 9.05. The van der Waals surface area contributed by atoms with Crippen LogP contribution in [0.25, 0.3) is 0 Å². The van der Waals surface area contributed by atoms with E-state index in [0.717, 1.165) is 36.6 Å². The van der Waals surface area contributed by atoms with Gasteiger partial charge in [-0.3, -0.25) is 9.89 Å². The van der Waals surface area contributed by atoms with E-state index in [1.807, 2.05) is 13.1 Å². The Morgan fingerprint density at radius 1 is 1.46 bits per heavy atom. The highest BCUT2D eigenvalue weighted by molar-refractivity contribution is 5.94. The van der Waals surface area contributed by atoms with Crippen LogP contribution >= 0.6 is 24.8 Å². The Kier molecular flexibility index (Phi) is 7.72. The minimum Gasteiger partial charge on any atom is -0.350 e. The molecule has 0 aromatic carbocycles. The molecule has 24 heavy (non-hydrogen) atoms. The van der Waals surface area contributed by atoms with E-state index in [1.165, 1.54) is 0 Å². The van der Waals surface area contributed by atoms with Crippen molar-refractivity contribution in [3.63, 3.8) is 0 Å². The third kappa shape index (κ3) is 4.49. The first kappa shape index (κ1) is 20.5. The molecule has 7 nitrogen and oxygen atoms in total. The zero-order chi connectivity index (χ0) is 15.5. The van der Waals surface area contributed by atoms with Crippen molar-refractivity contribution < 1.29 is 4.79 Å². The first-order chi connectivity index (χ1) is 10.6. The number of fused-ring (bicyclic) bond motifs is 1. The predicted octanol–water partition coefficient (Wildman–Crippen LogP) is 1.47. The summed E-state index contributed by atoms with van der Waals surface area (Å²) in [6.07, 6.45) is 4.65. The third-order valence-corrected chi connectivity index (χ3v) is 4.06. The highest BCUT2D eigenvalue weighted by Gasteiger charge is 2.21. The molecule has 3 heterocycles. The maximum absolute atomic E-state index is 12.3. The number of hydrogen-bond acceptors (Lipinski definition) is 4. The molecule has 0 radical (unpaired) electrons. The summed E-state index contributed by atoms with van der Waals surface area (Å²) in [5, 5.41) is 13.4.